The smallest absolute Gasteiger partial charge is 0.594 e. The van der Waals surface area contributed by atoms with E-state index in [1.54, 1.807) is 36.4 Å². The van der Waals surface area contributed by atoms with Gasteiger partial charge in [0.15, 0.2) is 19.7 Å². The summed E-state index contributed by atoms with van der Waals surface area (Å²) in [6, 6.07) is 23.2. The molecule has 0 aliphatic rings. The van der Waals surface area contributed by atoms with Crippen molar-refractivity contribution < 1.29 is 71.5 Å². The molecule has 0 radical (unpaired) electrons. The summed E-state index contributed by atoms with van der Waals surface area (Å²) in [6.45, 7) is 3.00. The molecule has 0 unspecified atom stereocenters. The molecule has 0 fully saturated rings. The van der Waals surface area contributed by atoms with Gasteiger partial charge >= 0.3 is 17.4 Å². The van der Waals surface area contributed by atoms with E-state index in [2.05, 4.69) is 31.1 Å². The third-order valence-corrected chi connectivity index (χ3v) is 13.2. The molecule has 0 atom stereocenters. The minimum atomic E-state index is -3.59. The van der Waals surface area contributed by atoms with Crippen molar-refractivity contribution in [1.29, 1.82) is 0 Å². The van der Waals surface area contributed by atoms with E-state index in [9.17, 15) is 54.1 Å². The van der Waals surface area contributed by atoms with E-state index < -0.39 is 39.7 Å². The molecule has 6 aromatic rings. The molecule has 0 spiro atoms. The molecule has 18 nitrogen and oxygen atoms in total. The van der Waals surface area contributed by atoms with Gasteiger partial charge < -0.3 is 42.1 Å². The first kappa shape index (κ1) is 47.8. The number of rotatable bonds is 14. The molecule has 0 aliphatic carbocycles. The Morgan fingerprint density at radius 1 is 0.492 bits per heavy atom. The molecule has 6 rings (SSSR count). The Morgan fingerprint density at radius 3 is 1.16 bits per heavy atom. The molecule has 8 N–H and O–H groups in total. The average molecular weight is 953 g/mol. The average Bonchev–Trinajstić information content (AvgIpc) is 3.17. The van der Waals surface area contributed by atoms with Crippen LogP contribution in [-0.2, 0) is 57.1 Å². The second kappa shape index (κ2) is 18.8. The quantitative estimate of drug-likeness (QED) is 0.0407. The van der Waals surface area contributed by atoms with Crippen LogP contribution < -0.4 is 20.3 Å². The molecule has 0 amide bonds. The zero-order valence-corrected chi connectivity index (χ0v) is 37.2. The molecular weight excluding hydrogens is 913 g/mol. The molecule has 324 valence electrons. The Balaban J connectivity index is 0.000000264. The molecule has 0 heterocycles. The normalized spacial score (nSPS) is 11.7. The fourth-order valence-electron chi connectivity index (χ4n) is 5.67. The number of nitrogens with zero attached hydrogens (tertiary/aromatic N) is 2. The van der Waals surface area contributed by atoms with Crippen molar-refractivity contribution in [3.8, 4) is 23.0 Å². The first-order chi connectivity index (χ1) is 28.0. The molecular formula is C38H40CrN6O12S4. The van der Waals surface area contributed by atoms with Crippen molar-refractivity contribution in [3.05, 3.63) is 108 Å². The third kappa shape index (κ3) is 11.7. The number of aromatic hydroxyl groups is 4. The first-order valence-electron chi connectivity index (χ1n) is 17.5. The summed E-state index contributed by atoms with van der Waals surface area (Å²) >= 11 is 0. The summed E-state index contributed by atoms with van der Waals surface area (Å²) in [6.07, 6.45) is 2.01. The maximum Gasteiger partial charge on any atom is 2.00 e. The molecule has 0 aliphatic heterocycles. The second-order valence-electron chi connectivity index (χ2n) is 13.0. The van der Waals surface area contributed by atoms with Gasteiger partial charge in [-0.2, -0.15) is 0 Å². The number of benzene rings is 6. The van der Waals surface area contributed by atoms with E-state index in [0.29, 0.717) is 21.5 Å². The van der Waals surface area contributed by atoms with Gasteiger partial charge in [0.25, 0.3) is 0 Å². The van der Waals surface area contributed by atoms with Gasteiger partial charge in [-0.15, -0.1) is 0 Å². The second-order valence-corrected chi connectivity index (χ2v) is 21.1. The molecule has 6 aromatic carbocycles. The number of fused-ring (bicyclic) bond motifs is 2. The summed E-state index contributed by atoms with van der Waals surface area (Å²) in [7, 11) is -14.2. The van der Waals surface area contributed by atoms with Crippen LogP contribution in [0.2, 0.25) is 0 Å². The molecule has 61 heavy (non-hydrogen) atoms. The number of phenolic OH excluding ortho intramolecular Hbond substituents is 4. The maximum atomic E-state index is 12.1. The van der Waals surface area contributed by atoms with Gasteiger partial charge in [0.1, 0.15) is 23.0 Å². The van der Waals surface area contributed by atoms with E-state index in [0.717, 1.165) is 12.5 Å². The largest absolute Gasteiger partial charge is 2.00 e. The Hall–Kier alpha value is -5.83. The van der Waals surface area contributed by atoms with Crippen LogP contribution in [0.1, 0.15) is 13.8 Å². The SMILES string of the molecule is CCS(=O)(=O)c1ccc(O)c([N-]Nc2c(O)ccc3cccc(NS(C)(=O)=O)c23)c1.CCS(=O)(=O)c1ccc(O)c([N-]Nc2c(O)ccc3cccc(NS(C)(=O)=O)c23)c1.[Cr+2]. The molecule has 0 saturated carbocycles. The Labute approximate surface area is 363 Å². The fourth-order valence-corrected chi connectivity index (χ4v) is 8.61. The number of sulfonamides is 2. The fraction of sp³-hybridized carbons (Fsp3) is 0.158. The number of phenols is 4. The molecule has 23 heteroatoms. The number of sulfone groups is 2. The number of hydrogen-bond donors (Lipinski definition) is 8. The van der Waals surface area contributed by atoms with Gasteiger partial charge in [0.05, 0.1) is 56.6 Å². The zero-order valence-electron chi connectivity index (χ0n) is 32.6. The minimum Gasteiger partial charge on any atom is -0.594 e. The van der Waals surface area contributed by atoms with Crippen molar-refractivity contribution in [2.24, 2.45) is 0 Å². The van der Waals surface area contributed by atoms with Gasteiger partial charge in [-0.05, 0) is 59.3 Å². The number of anilines is 4. The van der Waals surface area contributed by atoms with Crippen molar-refractivity contribution >= 4 is 95.4 Å². The van der Waals surface area contributed by atoms with Crippen molar-refractivity contribution in [2.75, 3.05) is 44.3 Å². The van der Waals surface area contributed by atoms with E-state index in [-0.39, 0.29) is 95.8 Å². The Bertz CT molecular complexity index is 2860. The van der Waals surface area contributed by atoms with Crippen LogP contribution in [0.3, 0.4) is 0 Å². The topological polar surface area (TPSA) is 294 Å². The maximum absolute atomic E-state index is 12.1. The van der Waals surface area contributed by atoms with Crippen LogP contribution in [0, 0.1) is 0 Å². The molecule has 0 aromatic heterocycles. The predicted molar refractivity (Wildman–Crippen MR) is 233 cm³/mol. The summed E-state index contributed by atoms with van der Waals surface area (Å²) in [4.78, 5) is -0.0187. The van der Waals surface area contributed by atoms with Crippen LogP contribution in [0.4, 0.5) is 34.1 Å². The Kier molecular flexibility index (Phi) is 14.8. The summed E-state index contributed by atoms with van der Waals surface area (Å²) in [5, 5.41) is 42.7. The van der Waals surface area contributed by atoms with Crippen LogP contribution in [-0.4, -0.2) is 78.1 Å². The zero-order chi connectivity index (χ0) is 44.2. The monoisotopic (exact) mass is 952 g/mol. The number of hydrogen-bond acceptors (Lipinski definition) is 14. The van der Waals surface area contributed by atoms with Gasteiger partial charge in [0, 0.05) is 10.8 Å². The molecule has 0 bridgehead atoms. The van der Waals surface area contributed by atoms with Crippen molar-refractivity contribution in [1.82, 2.24) is 0 Å². The third-order valence-electron chi connectivity index (χ3n) is 8.59. The summed E-state index contributed by atoms with van der Waals surface area (Å²) in [5.41, 5.74) is 13.8. The minimum absolute atomic E-state index is 0. The van der Waals surface area contributed by atoms with Crippen molar-refractivity contribution in [2.45, 2.75) is 23.6 Å². The predicted octanol–water partition coefficient (Wildman–Crippen LogP) is 6.89. The Morgan fingerprint density at radius 2 is 0.836 bits per heavy atom. The summed E-state index contributed by atoms with van der Waals surface area (Å²) in [5.74, 6) is -1.21. The first-order valence-corrected chi connectivity index (χ1v) is 24.6. The van der Waals surface area contributed by atoms with Crippen LogP contribution >= 0.6 is 0 Å². The van der Waals surface area contributed by atoms with E-state index in [1.807, 2.05) is 0 Å². The van der Waals surface area contributed by atoms with E-state index in [1.165, 1.54) is 74.5 Å². The van der Waals surface area contributed by atoms with Crippen molar-refractivity contribution in [3.63, 3.8) is 0 Å². The van der Waals surface area contributed by atoms with Crippen LogP contribution in [0.25, 0.3) is 32.4 Å². The van der Waals surface area contributed by atoms with Gasteiger partial charge in [0.2, 0.25) is 20.0 Å². The summed E-state index contributed by atoms with van der Waals surface area (Å²) < 4.78 is 100. The van der Waals surface area contributed by atoms with Gasteiger partial charge in [-0.25, -0.2) is 33.7 Å². The van der Waals surface area contributed by atoms with Crippen LogP contribution in [0.5, 0.6) is 23.0 Å². The van der Waals surface area contributed by atoms with E-state index >= 15 is 0 Å². The van der Waals surface area contributed by atoms with E-state index in [4.69, 9.17) is 0 Å². The van der Waals surface area contributed by atoms with Gasteiger partial charge in [-0.3, -0.25) is 9.44 Å². The van der Waals surface area contributed by atoms with Gasteiger partial charge in [-0.1, -0.05) is 73.8 Å². The molecule has 0 saturated heterocycles. The van der Waals surface area contributed by atoms with Crippen LogP contribution in [0.15, 0.2) is 107 Å². The standard InChI is InChI=1S/2C19H20N3O6S2.Cr/c2*1-3-30(27,28)13-8-10-16(23)15(11-13)20-21-19-17(24)9-7-12-5-4-6-14(18(12)19)22-29(2,25)26;/h2*4-11,21-24H,3H2,1-2H3;/q2*-1;+2. The number of nitrogens with one attached hydrogen (secondary N) is 4.